The van der Waals surface area contributed by atoms with Crippen molar-refractivity contribution in [1.82, 2.24) is 9.78 Å². The molecule has 0 unspecified atom stereocenters. The summed E-state index contributed by atoms with van der Waals surface area (Å²) in [6.45, 7) is 0.280. The number of benzene rings is 2. The summed E-state index contributed by atoms with van der Waals surface area (Å²) >= 11 is 0. The molecule has 0 radical (unpaired) electrons. The van der Waals surface area contributed by atoms with E-state index >= 15 is 0 Å². The van der Waals surface area contributed by atoms with Gasteiger partial charge in [-0.15, -0.1) is 0 Å². The summed E-state index contributed by atoms with van der Waals surface area (Å²) in [5, 5.41) is 4.40. The smallest absolute Gasteiger partial charge is 0.267 e. The van der Waals surface area contributed by atoms with Crippen LogP contribution < -0.4 is 10.3 Å². The first-order chi connectivity index (χ1) is 11.2. The van der Waals surface area contributed by atoms with Crippen LogP contribution in [0, 0.1) is 5.82 Å². The molecule has 0 bridgehead atoms. The van der Waals surface area contributed by atoms with E-state index in [1.54, 1.807) is 25.3 Å². The lowest BCUT2D eigenvalue weighted by molar-refractivity contribution is 0.416. The van der Waals surface area contributed by atoms with E-state index in [9.17, 15) is 9.18 Å². The summed E-state index contributed by atoms with van der Waals surface area (Å²) in [7, 11) is 1.59. The lowest BCUT2D eigenvalue weighted by Crippen LogP contribution is -2.22. The van der Waals surface area contributed by atoms with Crippen LogP contribution in [-0.4, -0.2) is 16.9 Å². The summed E-state index contributed by atoms with van der Waals surface area (Å²) in [4.78, 5) is 12.0. The molecular weight excluding hydrogens is 295 g/mol. The van der Waals surface area contributed by atoms with Gasteiger partial charge >= 0.3 is 0 Å². The normalized spacial score (nSPS) is 10.5. The number of nitrogens with zero attached hydrogens (tertiary/aromatic N) is 2. The molecule has 23 heavy (non-hydrogen) atoms. The van der Waals surface area contributed by atoms with E-state index in [1.165, 1.54) is 22.9 Å². The van der Waals surface area contributed by atoms with Gasteiger partial charge < -0.3 is 4.74 Å². The molecule has 5 heteroatoms. The van der Waals surface area contributed by atoms with E-state index in [0.29, 0.717) is 11.4 Å². The van der Waals surface area contributed by atoms with Gasteiger partial charge in [0.05, 0.1) is 19.3 Å². The van der Waals surface area contributed by atoms with Crippen LogP contribution >= 0.6 is 0 Å². The van der Waals surface area contributed by atoms with E-state index < -0.39 is 0 Å². The van der Waals surface area contributed by atoms with Crippen LogP contribution in [0.5, 0.6) is 5.75 Å². The molecule has 3 rings (SSSR count). The van der Waals surface area contributed by atoms with Gasteiger partial charge in [-0.05, 0) is 35.9 Å². The van der Waals surface area contributed by atoms with Gasteiger partial charge in [-0.3, -0.25) is 4.79 Å². The second-order valence-corrected chi connectivity index (χ2v) is 5.04. The lowest BCUT2D eigenvalue weighted by Gasteiger charge is -2.10. The number of methoxy groups -OCH3 is 1. The highest BCUT2D eigenvalue weighted by Gasteiger charge is 2.08. The lowest BCUT2D eigenvalue weighted by atomic mass is 10.1. The molecule has 2 aromatic carbocycles. The molecule has 1 aromatic heterocycles. The summed E-state index contributed by atoms with van der Waals surface area (Å²) in [6, 6.07) is 16.6. The van der Waals surface area contributed by atoms with Gasteiger partial charge in [-0.1, -0.05) is 24.3 Å². The molecule has 0 saturated carbocycles. The molecule has 0 aliphatic heterocycles. The Bertz CT molecular complexity index is 873. The van der Waals surface area contributed by atoms with Crippen LogP contribution in [0.2, 0.25) is 0 Å². The molecule has 0 saturated heterocycles. The molecule has 0 amide bonds. The highest BCUT2D eigenvalue weighted by Crippen LogP contribution is 2.27. The maximum atomic E-state index is 13.0. The minimum absolute atomic E-state index is 0.215. The van der Waals surface area contributed by atoms with Crippen LogP contribution in [0.25, 0.3) is 11.3 Å². The van der Waals surface area contributed by atoms with Crippen LogP contribution in [0.1, 0.15) is 5.56 Å². The van der Waals surface area contributed by atoms with Crippen molar-refractivity contribution in [3.05, 3.63) is 82.4 Å². The zero-order valence-corrected chi connectivity index (χ0v) is 12.6. The number of rotatable bonds is 4. The average molecular weight is 310 g/mol. The van der Waals surface area contributed by atoms with E-state index in [0.717, 1.165) is 11.1 Å². The molecule has 3 aromatic rings. The first kappa shape index (κ1) is 15.0. The SMILES string of the molecule is COc1ccccc1-c1ccc(=O)n(Cc2ccc(F)cc2)n1. The predicted octanol–water partition coefficient (Wildman–Crippen LogP) is 3.11. The highest BCUT2D eigenvalue weighted by molar-refractivity contribution is 5.66. The molecule has 0 aliphatic carbocycles. The van der Waals surface area contributed by atoms with Gasteiger partial charge in [0.15, 0.2) is 0 Å². The largest absolute Gasteiger partial charge is 0.496 e. The molecule has 1 heterocycles. The Morgan fingerprint density at radius 2 is 1.78 bits per heavy atom. The minimum Gasteiger partial charge on any atom is -0.496 e. The van der Waals surface area contributed by atoms with Gasteiger partial charge in [0.1, 0.15) is 11.6 Å². The Balaban J connectivity index is 1.99. The van der Waals surface area contributed by atoms with Crippen molar-refractivity contribution in [2.24, 2.45) is 0 Å². The minimum atomic E-state index is -0.308. The fourth-order valence-electron chi connectivity index (χ4n) is 2.32. The molecule has 0 N–H and O–H groups in total. The Morgan fingerprint density at radius 1 is 1.04 bits per heavy atom. The fourth-order valence-corrected chi connectivity index (χ4v) is 2.32. The van der Waals surface area contributed by atoms with Gasteiger partial charge in [0, 0.05) is 11.6 Å². The number of halogens is 1. The summed E-state index contributed by atoms with van der Waals surface area (Å²) in [5.41, 5.74) is 2.04. The first-order valence-corrected chi connectivity index (χ1v) is 7.13. The molecule has 116 valence electrons. The number of hydrogen-bond acceptors (Lipinski definition) is 3. The van der Waals surface area contributed by atoms with Crippen molar-refractivity contribution in [1.29, 1.82) is 0 Å². The Kier molecular flexibility index (Phi) is 4.19. The maximum absolute atomic E-state index is 13.0. The fraction of sp³-hybridized carbons (Fsp3) is 0.111. The Morgan fingerprint density at radius 3 is 2.52 bits per heavy atom. The number of para-hydroxylation sites is 1. The van der Waals surface area contributed by atoms with Gasteiger partial charge in [0.2, 0.25) is 0 Å². The zero-order valence-electron chi connectivity index (χ0n) is 12.6. The highest BCUT2D eigenvalue weighted by atomic mass is 19.1. The van der Waals surface area contributed by atoms with Gasteiger partial charge in [0.25, 0.3) is 5.56 Å². The molecule has 0 aliphatic rings. The average Bonchev–Trinajstić information content (AvgIpc) is 2.59. The van der Waals surface area contributed by atoms with E-state index in [-0.39, 0.29) is 17.9 Å². The van der Waals surface area contributed by atoms with Gasteiger partial charge in [-0.2, -0.15) is 5.10 Å². The van der Waals surface area contributed by atoms with Crippen LogP contribution in [0.3, 0.4) is 0 Å². The standard InChI is InChI=1S/C18H15FN2O2/c1-23-17-5-3-2-4-15(17)16-10-11-18(22)21(20-16)12-13-6-8-14(19)9-7-13/h2-11H,12H2,1H3. The summed E-state index contributed by atoms with van der Waals surface area (Å²) in [5.74, 6) is 0.379. The van der Waals surface area contributed by atoms with Crippen LogP contribution in [0.4, 0.5) is 4.39 Å². The van der Waals surface area contributed by atoms with E-state index in [4.69, 9.17) is 4.74 Å². The number of hydrogen-bond donors (Lipinski definition) is 0. The maximum Gasteiger partial charge on any atom is 0.267 e. The van der Waals surface area contributed by atoms with E-state index in [1.807, 2.05) is 24.3 Å². The zero-order chi connectivity index (χ0) is 16.2. The second kappa shape index (κ2) is 6.44. The molecule has 0 atom stereocenters. The molecular formula is C18H15FN2O2. The van der Waals surface area contributed by atoms with Crippen molar-refractivity contribution >= 4 is 0 Å². The van der Waals surface area contributed by atoms with Crippen molar-refractivity contribution in [2.75, 3.05) is 7.11 Å². The molecule has 0 spiro atoms. The van der Waals surface area contributed by atoms with Crippen LogP contribution in [-0.2, 0) is 6.54 Å². The molecule has 0 fully saturated rings. The Hall–Kier alpha value is -2.95. The van der Waals surface area contributed by atoms with E-state index in [2.05, 4.69) is 5.10 Å². The predicted molar refractivity (Wildman–Crippen MR) is 86.0 cm³/mol. The third-order valence-corrected chi connectivity index (χ3v) is 3.50. The third kappa shape index (κ3) is 3.29. The monoisotopic (exact) mass is 310 g/mol. The first-order valence-electron chi connectivity index (χ1n) is 7.13. The Labute approximate surface area is 132 Å². The second-order valence-electron chi connectivity index (χ2n) is 5.04. The topological polar surface area (TPSA) is 44.1 Å². The van der Waals surface area contributed by atoms with Crippen molar-refractivity contribution in [3.63, 3.8) is 0 Å². The summed E-state index contributed by atoms with van der Waals surface area (Å²) in [6.07, 6.45) is 0. The summed E-state index contributed by atoms with van der Waals surface area (Å²) < 4.78 is 19.7. The van der Waals surface area contributed by atoms with Crippen molar-refractivity contribution in [2.45, 2.75) is 6.54 Å². The van der Waals surface area contributed by atoms with Gasteiger partial charge in [-0.25, -0.2) is 9.07 Å². The van der Waals surface area contributed by atoms with Crippen LogP contribution in [0.15, 0.2) is 65.5 Å². The van der Waals surface area contributed by atoms with Crippen molar-refractivity contribution in [3.8, 4) is 17.0 Å². The number of aromatic nitrogens is 2. The number of ether oxygens (including phenoxy) is 1. The molecule has 4 nitrogen and oxygen atoms in total. The third-order valence-electron chi connectivity index (χ3n) is 3.50. The van der Waals surface area contributed by atoms with Crippen molar-refractivity contribution < 1.29 is 9.13 Å². The quantitative estimate of drug-likeness (QED) is 0.744.